The van der Waals surface area contributed by atoms with Crippen molar-refractivity contribution < 1.29 is 19.5 Å². The number of aromatic amines is 1. The van der Waals surface area contributed by atoms with Crippen LogP contribution in [0.15, 0.2) is 18.7 Å². The Balaban J connectivity index is 2.08. The summed E-state index contributed by atoms with van der Waals surface area (Å²) < 4.78 is 1.33. The molecule has 10 heteroatoms. The number of nitrogens with zero attached hydrogens (tertiary/aromatic N) is 3. The standard InChI is InChI=1S/C11H12N6O4/c1-12-7(18)4-17-3-6(2-15-17)16-10(19)8-9(11(20)21)14-5-13-8/h2-3,5H,4H2,1H3,(H,12,18)(H,13,14)(H,16,19)(H,20,21). The topological polar surface area (TPSA) is 142 Å². The second kappa shape index (κ2) is 5.86. The summed E-state index contributed by atoms with van der Waals surface area (Å²) in [6, 6.07) is 0. The molecule has 2 aromatic rings. The lowest BCUT2D eigenvalue weighted by Gasteiger charge is -2.01. The van der Waals surface area contributed by atoms with Gasteiger partial charge in [0.1, 0.15) is 6.54 Å². The molecule has 21 heavy (non-hydrogen) atoms. The lowest BCUT2D eigenvalue weighted by molar-refractivity contribution is -0.121. The minimum atomic E-state index is -1.28. The monoisotopic (exact) mass is 292 g/mol. The van der Waals surface area contributed by atoms with Crippen LogP contribution in [-0.4, -0.2) is 49.7 Å². The van der Waals surface area contributed by atoms with Crippen molar-refractivity contribution in [3.05, 3.63) is 30.1 Å². The number of carbonyl (C=O) groups excluding carboxylic acids is 2. The lowest BCUT2D eigenvalue weighted by atomic mass is 10.3. The first-order chi connectivity index (χ1) is 10.0. The van der Waals surface area contributed by atoms with E-state index in [1.54, 1.807) is 0 Å². The molecule has 0 saturated carbocycles. The zero-order chi connectivity index (χ0) is 15.4. The fourth-order valence-electron chi connectivity index (χ4n) is 1.56. The molecule has 0 atom stereocenters. The van der Waals surface area contributed by atoms with Crippen LogP contribution in [0, 0.1) is 0 Å². The maximum atomic E-state index is 11.9. The van der Waals surface area contributed by atoms with Gasteiger partial charge in [-0.3, -0.25) is 14.3 Å². The highest BCUT2D eigenvalue weighted by Crippen LogP contribution is 2.09. The van der Waals surface area contributed by atoms with Crippen molar-refractivity contribution in [2.75, 3.05) is 12.4 Å². The van der Waals surface area contributed by atoms with Gasteiger partial charge in [-0.15, -0.1) is 0 Å². The van der Waals surface area contributed by atoms with Crippen molar-refractivity contribution in [1.82, 2.24) is 25.1 Å². The van der Waals surface area contributed by atoms with Crippen LogP contribution in [-0.2, 0) is 11.3 Å². The van der Waals surface area contributed by atoms with Gasteiger partial charge in [0, 0.05) is 13.2 Å². The summed E-state index contributed by atoms with van der Waals surface area (Å²) in [7, 11) is 1.50. The molecule has 2 aromatic heterocycles. The summed E-state index contributed by atoms with van der Waals surface area (Å²) in [5, 5.41) is 17.7. The minimum Gasteiger partial charge on any atom is -0.477 e. The van der Waals surface area contributed by atoms with E-state index in [9.17, 15) is 14.4 Å². The Bertz CT molecular complexity index is 688. The lowest BCUT2D eigenvalue weighted by Crippen LogP contribution is -2.23. The molecule has 4 N–H and O–H groups in total. The summed E-state index contributed by atoms with van der Waals surface area (Å²) in [5.74, 6) is -2.21. The van der Waals surface area contributed by atoms with Crippen LogP contribution in [0.25, 0.3) is 0 Å². The highest BCUT2D eigenvalue weighted by atomic mass is 16.4. The molecule has 0 bridgehead atoms. The van der Waals surface area contributed by atoms with Gasteiger partial charge in [0.2, 0.25) is 5.91 Å². The van der Waals surface area contributed by atoms with Gasteiger partial charge >= 0.3 is 5.97 Å². The number of amides is 2. The highest BCUT2D eigenvalue weighted by Gasteiger charge is 2.20. The van der Waals surface area contributed by atoms with Crippen LogP contribution in [0.3, 0.4) is 0 Å². The predicted octanol–water partition coefficient (Wildman–Crippen LogP) is -0.697. The quantitative estimate of drug-likeness (QED) is 0.574. The first-order valence-corrected chi connectivity index (χ1v) is 5.82. The number of imidazole rings is 1. The number of carbonyl (C=O) groups is 3. The van der Waals surface area contributed by atoms with Gasteiger partial charge in [-0.1, -0.05) is 0 Å². The maximum Gasteiger partial charge on any atom is 0.354 e. The average Bonchev–Trinajstić information content (AvgIpc) is 3.07. The normalized spacial score (nSPS) is 10.1. The number of H-pyrrole nitrogens is 1. The van der Waals surface area contributed by atoms with E-state index in [0.29, 0.717) is 5.69 Å². The third-order valence-corrected chi connectivity index (χ3v) is 2.54. The van der Waals surface area contributed by atoms with Crippen molar-refractivity contribution in [2.45, 2.75) is 6.54 Å². The number of rotatable bonds is 5. The predicted molar refractivity (Wildman–Crippen MR) is 69.8 cm³/mol. The number of anilines is 1. The van der Waals surface area contributed by atoms with Crippen molar-refractivity contribution in [3.63, 3.8) is 0 Å². The van der Waals surface area contributed by atoms with Crippen molar-refractivity contribution in [2.24, 2.45) is 0 Å². The molecule has 2 amide bonds. The van der Waals surface area contributed by atoms with E-state index >= 15 is 0 Å². The number of hydrogen-bond donors (Lipinski definition) is 4. The van der Waals surface area contributed by atoms with E-state index in [2.05, 4.69) is 25.7 Å². The molecule has 0 aromatic carbocycles. The molecule has 0 unspecified atom stereocenters. The molecule has 0 aliphatic heterocycles. The van der Waals surface area contributed by atoms with Crippen LogP contribution in [0.5, 0.6) is 0 Å². The Morgan fingerprint density at radius 3 is 2.86 bits per heavy atom. The first kappa shape index (κ1) is 14.2. The summed E-state index contributed by atoms with van der Waals surface area (Å²) >= 11 is 0. The van der Waals surface area contributed by atoms with Crippen LogP contribution >= 0.6 is 0 Å². The Kier molecular flexibility index (Phi) is 3.97. The fourth-order valence-corrected chi connectivity index (χ4v) is 1.56. The fraction of sp³-hybridized carbons (Fsp3) is 0.182. The zero-order valence-corrected chi connectivity index (χ0v) is 11.0. The molecule has 0 saturated heterocycles. The number of aromatic carboxylic acids is 1. The van der Waals surface area contributed by atoms with E-state index in [0.717, 1.165) is 6.33 Å². The van der Waals surface area contributed by atoms with Gasteiger partial charge in [-0.05, 0) is 0 Å². The molecule has 110 valence electrons. The third kappa shape index (κ3) is 3.23. The molecule has 0 aliphatic rings. The highest BCUT2D eigenvalue weighted by molar-refractivity contribution is 6.08. The van der Waals surface area contributed by atoms with Crippen LogP contribution in [0.1, 0.15) is 21.0 Å². The number of hydrogen-bond acceptors (Lipinski definition) is 5. The van der Waals surface area contributed by atoms with E-state index in [1.165, 1.54) is 24.1 Å². The Labute approximate surface area is 118 Å². The van der Waals surface area contributed by atoms with E-state index in [-0.39, 0.29) is 23.8 Å². The molecular weight excluding hydrogens is 280 g/mol. The minimum absolute atomic E-state index is 0.00908. The first-order valence-electron chi connectivity index (χ1n) is 5.82. The number of nitrogens with one attached hydrogen (secondary N) is 3. The molecular formula is C11H12N6O4. The van der Waals surface area contributed by atoms with Gasteiger partial charge < -0.3 is 20.7 Å². The van der Waals surface area contributed by atoms with E-state index in [1.807, 2.05) is 0 Å². The van der Waals surface area contributed by atoms with Gasteiger partial charge in [0.05, 0.1) is 18.2 Å². The Morgan fingerprint density at radius 1 is 1.43 bits per heavy atom. The van der Waals surface area contributed by atoms with Crippen molar-refractivity contribution >= 4 is 23.5 Å². The summed E-state index contributed by atoms with van der Waals surface area (Å²) in [4.78, 5) is 40.0. The summed E-state index contributed by atoms with van der Waals surface area (Å²) in [5.41, 5.74) is -0.213. The summed E-state index contributed by atoms with van der Waals surface area (Å²) in [6.45, 7) is 0.00908. The van der Waals surface area contributed by atoms with Crippen LogP contribution in [0.4, 0.5) is 5.69 Å². The Morgan fingerprint density at radius 2 is 2.19 bits per heavy atom. The Hall–Kier alpha value is -3.17. The van der Waals surface area contributed by atoms with Crippen LogP contribution in [0.2, 0.25) is 0 Å². The number of aromatic nitrogens is 4. The SMILES string of the molecule is CNC(=O)Cn1cc(NC(=O)c2nc[nH]c2C(=O)O)cn1. The number of likely N-dealkylation sites (N-methyl/N-ethyl adjacent to an activating group) is 1. The maximum absolute atomic E-state index is 11.9. The zero-order valence-electron chi connectivity index (χ0n) is 11.0. The molecule has 0 fully saturated rings. The largest absolute Gasteiger partial charge is 0.477 e. The van der Waals surface area contributed by atoms with Gasteiger partial charge in [0.15, 0.2) is 11.4 Å². The molecule has 0 aliphatic carbocycles. The van der Waals surface area contributed by atoms with E-state index in [4.69, 9.17) is 5.11 Å². The van der Waals surface area contributed by atoms with Crippen molar-refractivity contribution in [3.8, 4) is 0 Å². The van der Waals surface area contributed by atoms with Crippen LogP contribution < -0.4 is 10.6 Å². The average molecular weight is 292 g/mol. The molecule has 0 radical (unpaired) electrons. The van der Waals surface area contributed by atoms with Crippen molar-refractivity contribution in [1.29, 1.82) is 0 Å². The molecule has 10 nitrogen and oxygen atoms in total. The second-order valence-corrected chi connectivity index (χ2v) is 3.99. The summed E-state index contributed by atoms with van der Waals surface area (Å²) in [6.07, 6.45) is 3.90. The number of carboxylic acids is 1. The molecule has 0 spiro atoms. The smallest absolute Gasteiger partial charge is 0.354 e. The molecule has 2 rings (SSSR count). The third-order valence-electron chi connectivity index (χ3n) is 2.54. The number of carboxylic acid groups (broad SMARTS) is 1. The second-order valence-electron chi connectivity index (χ2n) is 3.99. The van der Waals surface area contributed by atoms with Gasteiger partial charge in [0.25, 0.3) is 5.91 Å². The van der Waals surface area contributed by atoms with E-state index < -0.39 is 11.9 Å². The van der Waals surface area contributed by atoms with Gasteiger partial charge in [-0.2, -0.15) is 5.10 Å². The molecule has 2 heterocycles. The van der Waals surface area contributed by atoms with Gasteiger partial charge in [-0.25, -0.2) is 9.78 Å².